The first-order valence-corrected chi connectivity index (χ1v) is 6.35. The lowest BCUT2D eigenvalue weighted by atomic mass is 10.2. The largest absolute Gasteiger partial charge is 0.370 e. The molecule has 1 atom stereocenters. The summed E-state index contributed by atoms with van der Waals surface area (Å²) in [7, 11) is 1.44. The molecule has 7 heteroatoms. The second-order valence-corrected chi connectivity index (χ2v) is 4.46. The second kappa shape index (κ2) is 6.51. The van der Waals surface area contributed by atoms with Crippen molar-refractivity contribution in [2.75, 3.05) is 19.0 Å². The maximum absolute atomic E-state index is 12.0. The van der Waals surface area contributed by atoms with Crippen LogP contribution < -0.4 is 11.1 Å². The van der Waals surface area contributed by atoms with Gasteiger partial charge in [0.25, 0.3) is 5.91 Å². The number of hydrogen-bond acceptors (Lipinski definition) is 4. The number of methoxy groups -OCH3 is 1. The van der Waals surface area contributed by atoms with E-state index >= 15 is 0 Å². The van der Waals surface area contributed by atoms with E-state index in [1.165, 1.54) is 7.11 Å². The number of amides is 1. The lowest BCUT2D eigenvalue weighted by Gasteiger charge is -2.16. The zero-order valence-corrected chi connectivity index (χ0v) is 11.7. The summed E-state index contributed by atoms with van der Waals surface area (Å²) in [6, 6.07) is 5.24. The van der Waals surface area contributed by atoms with Crippen LogP contribution in [0.2, 0.25) is 5.02 Å². The Balaban J connectivity index is 2.33. The van der Waals surface area contributed by atoms with Crippen LogP contribution in [0.3, 0.4) is 0 Å². The SMILES string of the molecule is COC(CN)C(=O)Nc1cccc(Cl)c1-n1ccnc1. The van der Waals surface area contributed by atoms with Crippen LogP contribution in [0, 0.1) is 0 Å². The lowest BCUT2D eigenvalue weighted by molar-refractivity contribution is -0.125. The number of halogens is 1. The first kappa shape index (κ1) is 14.5. The molecule has 6 nitrogen and oxygen atoms in total. The summed E-state index contributed by atoms with van der Waals surface area (Å²) in [4.78, 5) is 16.0. The number of nitrogens with two attached hydrogens (primary N) is 1. The number of para-hydroxylation sites is 1. The standard InChI is InChI=1S/C13H15ClN4O2/c1-20-11(7-15)13(19)17-10-4-2-3-9(14)12(10)18-6-5-16-8-18/h2-6,8,11H,7,15H2,1H3,(H,17,19). The van der Waals surface area contributed by atoms with Crippen LogP contribution >= 0.6 is 11.6 Å². The monoisotopic (exact) mass is 294 g/mol. The van der Waals surface area contributed by atoms with Gasteiger partial charge in [0, 0.05) is 26.0 Å². The fraction of sp³-hybridized carbons (Fsp3) is 0.231. The van der Waals surface area contributed by atoms with Gasteiger partial charge < -0.3 is 20.4 Å². The molecule has 3 N–H and O–H groups in total. The minimum Gasteiger partial charge on any atom is -0.370 e. The Morgan fingerprint density at radius 2 is 2.40 bits per heavy atom. The predicted molar refractivity (Wildman–Crippen MR) is 77.1 cm³/mol. The fourth-order valence-electron chi connectivity index (χ4n) is 1.79. The van der Waals surface area contributed by atoms with Gasteiger partial charge in [0.15, 0.2) is 0 Å². The van der Waals surface area contributed by atoms with Crippen LogP contribution in [0.25, 0.3) is 5.69 Å². The van der Waals surface area contributed by atoms with E-state index in [4.69, 9.17) is 22.1 Å². The van der Waals surface area contributed by atoms with E-state index < -0.39 is 6.10 Å². The van der Waals surface area contributed by atoms with Crippen molar-refractivity contribution in [2.24, 2.45) is 5.73 Å². The Bertz CT molecular complexity index is 582. The number of imidazole rings is 1. The summed E-state index contributed by atoms with van der Waals surface area (Å²) in [6.07, 6.45) is 4.28. The highest BCUT2D eigenvalue weighted by atomic mass is 35.5. The van der Waals surface area contributed by atoms with Crippen LogP contribution in [-0.2, 0) is 9.53 Å². The van der Waals surface area contributed by atoms with Crippen LogP contribution in [0.15, 0.2) is 36.9 Å². The predicted octanol–water partition coefficient (Wildman–Crippen LogP) is 1.44. The topological polar surface area (TPSA) is 82.2 Å². The molecular formula is C13H15ClN4O2. The number of ether oxygens (including phenoxy) is 1. The molecule has 0 aliphatic carbocycles. The normalized spacial score (nSPS) is 12.2. The number of rotatable bonds is 5. The molecule has 0 bridgehead atoms. The van der Waals surface area contributed by atoms with Crippen LogP contribution in [-0.4, -0.2) is 35.2 Å². The first-order chi connectivity index (χ1) is 9.67. The van der Waals surface area contributed by atoms with Crippen molar-refractivity contribution in [3.63, 3.8) is 0 Å². The van der Waals surface area contributed by atoms with Gasteiger partial charge >= 0.3 is 0 Å². The van der Waals surface area contributed by atoms with Crippen molar-refractivity contribution >= 4 is 23.2 Å². The third-order valence-electron chi connectivity index (χ3n) is 2.80. The van der Waals surface area contributed by atoms with Crippen molar-refractivity contribution in [3.05, 3.63) is 41.9 Å². The summed E-state index contributed by atoms with van der Waals surface area (Å²) >= 11 is 6.20. The number of hydrogen-bond donors (Lipinski definition) is 2. The molecule has 1 aromatic carbocycles. The van der Waals surface area contributed by atoms with Gasteiger partial charge in [0.2, 0.25) is 0 Å². The third-order valence-corrected chi connectivity index (χ3v) is 3.10. The minimum absolute atomic E-state index is 0.101. The summed E-state index contributed by atoms with van der Waals surface area (Å²) in [5.74, 6) is -0.321. The first-order valence-electron chi connectivity index (χ1n) is 5.98. The molecule has 1 unspecified atom stereocenters. The van der Waals surface area contributed by atoms with Gasteiger partial charge in [-0.15, -0.1) is 0 Å². The highest BCUT2D eigenvalue weighted by Gasteiger charge is 2.18. The van der Waals surface area contributed by atoms with Crippen molar-refractivity contribution in [1.82, 2.24) is 9.55 Å². The van der Waals surface area contributed by atoms with E-state index in [9.17, 15) is 4.79 Å². The lowest BCUT2D eigenvalue weighted by Crippen LogP contribution is -2.36. The zero-order chi connectivity index (χ0) is 14.5. The van der Waals surface area contributed by atoms with E-state index in [2.05, 4.69) is 10.3 Å². The number of nitrogens with one attached hydrogen (secondary N) is 1. The minimum atomic E-state index is -0.704. The smallest absolute Gasteiger partial charge is 0.254 e. The molecule has 0 aliphatic rings. The maximum Gasteiger partial charge on any atom is 0.254 e. The molecule has 0 fully saturated rings. The Kier molecular flexibility index (Phi) is 4.73. The molecule has 2 rings (SSSR count). The molecule has 0 spiro atoms. The summed E-state index contributed by atoms with van der Waals surface area (Å²) < 4.78 is 6.73. The number of anilines is 1. The quantitative estimate of drug-likeness (QED) is 0.874. The Morgan fingerprint density at radius 3 is 3.00 bits per heavy atom. The van der Waals surface area contributed by atoms with Crippen LogP contribution in [0.1, 0.15) is 0 Å². The van der Waals surface area contributed by atoms with E-state index in [-0.39, 0.29) is 12.5 Å². The number of carbonyl (C=O) groups excluding carboxylic acids is 1. The van der Waals surface area contributed by atoms with E-state index in [0.717, 1.165) is 0 Å². The molecule has 2 aromatic rings. The summed E-state index contributed by atoms with van der Waals surface area (Å²) in [5.41, 5.74) is 6.68. The molecule has 1 aromatic heterocycles. The van der Waals surface area contributed by atoms with Gasteiger partial charge in [-0.1, -0.05) is 17.7 Å². The van der Waals surface area contributed by atoms with Gasteiger partial charge in [-0.3, -0.25) is 4.79 Å². The molecule has 106 valence electrons. The average molecular weight is 295 g/mol. The van der Waals surface area contributed by atoms with Crippen molar-refractivity contribution in [1.29, 1.82) is 0 Å². The second-order valence-electron chi connectivity index (χ2n) is 4.06. The van der Waals surface area contributed by atoms with Crippen LogP contribution in [0.5, 0.6) is 0 Å². The molecule has 0 radical (unpaired) electrons. The Labute approximate surface area is 121 Å². The van der Waals surface area contributed by atoms with E-state index in [1.54, 1.807) is 41.5 Å². The van der Waals surface area contributed by atoms with Gasteiger partial charge in [0.1, 0.15) is 6.10 Å². The van der Waals surface area contributed by atoms with Crippen molar-refractivity contribution in [3.8, 4) is 5.69 Å². The van der Waals surface area contributed by atoms with Gasteiger partial charge in [-0.05, 0) is 12.1 Å². The molecule has 0 saturated heterocycles. The van der Waals surface area contributed by atoms with Gasteiger partial charge in [-0.2, -0.15) is 0 Å². The van der Waals surface area contributed by atoms with Crippen molar-refractivity contribution in [2.45, 2.75) is 6.10 Å². The average Bonchev–Trinajstić information content (AvgIpc) is 2.94. The summed E-state index contributed by atoms with van der Waals surface area (Å²) in [6.45, 7) is 0.101. The Morgan fingerprint density at radius 1 is 1.60 bits per heavy atom. The molecule has 1 amide bonds. The molecular weight excluding hydrogens is 280 g/mol. The van der Waals surface area contributed by atoms with Gasteiger partial charge in [0.05, 0.1) is 22.7 Å². The van der Waals surface area contributed by atoms with Crippen molar-refractivity contribution < 1.29 is 9.53 Å². The molecule has 1 heterocycles. The van der Waals surface area contributed by atoms with E-state index in [0.29, 0.717) is 16.4 Å². The number of nitrogens with zero attached hydrogens (tertiary/aromatic N) is 2. The highest BCUT2D eigenvalue weighted by Crippen LogP contribution is 2.28. The molecule has 0 saturated carbocycles. The molecule has 0 aliphatic heterocycles. The zero-order valence-electron chi connectivity index (χ0n) is 10.9. The molecule has 20 heavy (non-hydrogen) atoms. The fourth-order valence-corrected chi connectivity index (χ4v) is 2.07. The number of carbonyl (C=O) groups is 1. The van der Waals surface area contributed by atoms with Crippen LogP contribution in [0.4, 0.5) is 5.69 Å². The number of benzene rings is 1. The highest BCUT2D eigenvalue weighted by molar-refractivity contribution is 6.33. The van der Waals surface area contributed by atoms with E-state index in [1.807, 2.05) is 0 Å². The third kappa shape index (κ3) is 2.98. The summed E-state index contributed by atoms with van der Waals surface area (Å²) in [5, 5.41) is 3.27. The van der Waals surface area contributed by atoms with Gasteiger partial charge in [-0.25, -0.2) is 4.98 Å². The number of aromatic nitrogens is 2. The maximum atomic E-state index is 12.0. The Hall–Kier alpha value is -1.89.